The summed E-state index contributed by atoms with van der Waals surface area (Å²) in [6, 6.07) is 6.38. The van der Waals surface area contributed by atoms with Crippen molar-refractivity contribution < 1.29 is 9.53 Å². The van der Waals surface area contributed by atoms with Crippen LogP contribution in [0.15, 0.2) is 18.2 Å². The van der Waals surface area contributed by atoms with Crippen LogP contribution in [0.2, 0.25) is 0 Å². The van der Waals surface area contributed by atoms with E-state index in [1.165, 1.54) is 36.8 Å². The van der Waals surface area contributed by atoms with Crippen LogP contribution in [0.5, 0.6) is 0 Å². The van der Waals surface area contributed by atoms with E-state index in [2.05, 4.69) is 12.1 Å². The van der Waals surface area contributed by atoms with Crippen LogP contribution in [-0.2, 0) is 29.0 Å². The zero-order chi connectivity index (χ0) is 9.80. The van der Waals surface area contributed by atoms with E-state index in [1.807, 2.05) is 6.07 Å². The fraction of sp³-hybridized carbons (Fsp3) is 0.417. The Morgan fingerprint density at radius 1 is 1.21 bits per heavy atom. The predicted molar refractivity (Wildman–Crippen MR) is 53.9 cm³/mol. The number of carbonyl (C=O) groups excluding carboxylic acids is 1. The number of carbonyl (C=O) groups is 1. The summed E-state index contributed by atoms with van der Waals surface area (Å²) in [5, 5.41) is 0. The molecular formula is C12H14O2. The minimum Gasteiger partial charge on any atom is -0.463 e. The van der Waals surface area contributed by atoms with Gasteiger partial charge in [-0.25, -0.2) is 0 Å². The van der Waals surface area contributed by atoms with Gasteiger partial charge in [-0.05, 0) is 42.4 Å². The summed E-state index contributed by atoms with van der Waals surface area (Å²) in [5.74, 6) is 0. The number of rotatable bonds is 3. The van der Waals surface area contributed by atoms with Crippen LogP contribution < -0.4 is 0 Å². The molecule has 0 fully saturated rings. The summed E-state index contributed by atoms with van der Waals surface area (Å²) in [5.41, 5.74) is 3.99. The normalized spacial score (nSPS) is 14.6. The van der Waals surface area contributed by atoms with Crippen molar-refractivity contribution in [1.29, 1.82) is 0 Å². The third-order valence-electron chi connectivity index (χ3n) is 2.73. The molecule has 0 amide bonds. The topological polar surface area (TPSA) is 26.3 Å². The first-order chi connectivity index (χ1) is 6.90. The molecule has 1 aromatic carbocycles. The van der Waals surface area contributed by atoms with Crippen molar-refractivity contribution in [3.05, 3.63) is 34.9 Å². The number of aryl methyl sites for hydroxylation is 2. The van der Waals surface area contributed by atoms with E-state index >= 15 is 0 Å². The molecule has 0 unspecified atom stereocenters. The van der Waals surface area contributed by atoms with E-state index in [0.717, 1.165) is 5.56 Å². The van der Waals surface area contributed by atoms with Crippen molar-refractivity contribution in [3.8, 4) is 0 Å². The Morgan fingerprint density at radius 2 is 2.00 bits per heavy atom. The van der Waals surface area contributed by atoms with E-state index in [1.54, 1.807) is 0 Å². The van der Waals surface area contributed by atoms with Gasteiger partial charge in [0.25, 0.3) is 6.47 Å². The highest BCUT2D eigenvalue weighted by molar-refractivity contribution is 5.38. The molecule has 1 aliphatic rings. The molecule has 0 atom stereocenters. The summed E-state index contributed by atoms with van der Waals surface area (Å²) in [4.78, 5) is 10.0. The minimum absolute atomic E-state index is 0.400. The van der Waals surface area contributed by atoms with E-state index in [9.17, 15) is 4.79 Å². The molecular weight excluding hydrogens is 176 g/mol. The monoisotopic (exact) mass is 190 g/mol. The summed E-state index contributed by atoms with van der Waals surface area (Å²) < 4.78 is 4.73. The van der Waals surface area contributed by atoms with Gasteiger partial charge in [-0.3, -0.25) is 4.79 Å². The van der Waals surface area contributed by atoms with Gasteiger partial charge in [0.15, 0.2) is 0 Å². The molecule has 0 aromatic heterocycles. The lowest BCUT2D eigenvalue weighted by Crippen LogP contribution is -2.03. The van der Waals surface area contributed by atoms with Gasteiger partial charge in [-0.1, -0.05) is 18.2 Å². The highest BCUT2D eigenvalue weighted by Crippen LogP contribution is 2.22. The number of ether oxygens (including phenoxy) is 1. The van der Waals surface area contributed by atoms with E-state index in [0.29, 0.717) is 13.1 Å². The van der Waals surface area contributed by atoms with Crippen LogP contribution >= 0.6 is 0 Å². The van der Waals surface area contributed by atoms with Crippen LogP contribution in [0.25, 0.3) is 0 Å². The Labute approximate surface area is 83.9 Å². The van der Waals surface area contributed by atoms with Gasteiger partial charge in [0.1, 0.15) is 6.61 Å². The highest BCUT2D eigenvalue weighted by atomic mass is 16.5. The molecule has 0 spiro atoms. The summed E-state index contributed by atoms with van der Waals surface area (Å²) in [6.45, 7) is 0.899. The second-order valence-electron chi connectivity index (χ2n) is 3.72. The lowest BCUT2D eigenvalue weighted by Gasteiger charge is -2.16. The largest absolute Gasteiger partial charge is 0.463 e. The molecule has 0 N–H and O–H groups in total. The lowest BCUT2D eigenvalue weighted by atomic mass is 9.90. The second kappa shape index (κ2) is 4.27. The summed E-state index contributed by atoms with van der Waals surface area (Å²) in [6.07, 6.45) is 4.95. The fourth-order valence-electron chi connectivity index (χ4n) is 2.01. The minimum atomic E-state index is 0.400. The fourth-order valence-corrected chi connectivity index (χ4v) is 2.01. The summed E-state index contributed by atoms with van der Waals surface area (Å²) in [7, 11) is 0. The van der Waals surface area contributed by atoms with E-state index in [-0.39, 0.29) is 0 Å². The number of benzene rings is 1. The number of fused-ring (bicyclic) bond motifs is 1. The average Bonchev–Trinajstić information content (AvgIpc) is 2.26. The Bertz CT molecular complexity index is 331. The van der Waals surface area contributed by atoms with Crippen LogP contribution in [-0.4, -0.2) is 6.47 Å². The van der Waals surface area contributed by atoms with Gasteiger partial charge in [0.2, 0.25) is 0 Å². The molecule has 74 valence electrons. The number of hydrogen-bond acceptors (Lipinski definition) is 2. The standard InChI is InChI=1S/C12H14O2/c13-9-14-8-10-5-6-11-3-1-2-4-12(11)7-10/h5-7,9H,1-4,8H2. The van der Waals surface area contributed by atoms with Gasteiger partial charge in [0.05, 0.1) is 0 Å². The van der Waals surface area contributed by atoms with Gasteiger partial charge >= 0.3 is 0 Å². The molecule has 2 rings (SSSR count). The molecule has 0 bridgehead atoms. The first-order valence-electron chi connectivity index (χ1n) is 5.06. The van der Waals surface area contributed by atoms with Crippen LogP contribution in [0.3, 0.4) is 0 Å². The Kier molecular flexibility index (Phi) is 2.82. The number of hydrogen-bond donors (Lipinski definition) is 0. The summed E-state index contributed by atoms with van der Waals surface area (Å²) >= 11 is 0. The van der Waals surface area contributed by atoms with Gasteiger partial charge in [0, 0.05) is 0 Å². The molecule has 0 saturated heterocycles. The Morgan fingerprint density at radius 3 is 2.79 bits per heavy atom. The first kappa shape index (κ1) is 9.25. The van der Waals surface area contributed by atoms with E-state index < -0.39 is 0 Å². The molecule has 1 aromatic rings. The second-order valence-corrected chi connectivity index (χ2v) is 3.72. The smallest absolute Gasteiger partial charge is 0.293 e. The maximum absolute atomic E-state index is 10.0. The molecule has 0 saturated carbocycles. The van der Waals surface area contributed by atoms with Crippen molar-refractivity contribution in [2.75, 3.05) is 0 Å². The lowest BCUT2D eigenvalue weighted by molar-refractivity contribution is -0.129. The molecule has 0 heterocycles. The average molecular weight is 190 g/mol. The predicted octanol–water partition coefficient (Wildman–Crippen LogP) is 2.24. The van der Waals surface area contributed by atoms with Gasteiger partial charge < -0.3 is 4.74 Å². The van der Waals surface area contributed by atoms with Crippen LogP contribution in [0, 0.1) is 0 Å². The SMILES string of the molecule is O=COCc1ccc2c(c1)CCCC2. The molecule has 0 aliphatic heterocycles. The van der Waals surface area contributed by atoms with Gasteiger partial charge in [-0.15, -0.1) is 0 Å². The van der Waals surface area contributed by atoms with Crippen molar-refractivity contribution in [2.24, 2.45) is 0 Å². The first-order valence-corrected chi connectivity index (χ1v) is 5.06. The maximum atomic E-state index is 10.0. The van der Waals surface area contributed by atoms with Crippen LogP contribution in [0.4, 0.5) is 0 Å². The van der Waals surface area contributed by atoms with Crippen molar-refractivity contribution in [3.63, 3.8) is 0 Å². The van der Waals surface area contributed by atoms with Crippen LogP contribution in [0.1, 0.15) is 29.5 Å². The van der Waals surface area contributed by atoms with Crippen molar-refractivity contribution in [2.45, 2.75) is 32.3 Å². The quantitative estimate of drug-likeness (QED) is 0.683. The highest BCUT2D eigenvalue weighted by Gasteiger charge is 2.09. The van der Waals surface area contributed by atoms with Gasteiger partial charge in [-0.2, -0.15) is 0 Å². The maximum Gasteiger partial charge on any atom is 0.293 e. The van der Waals surface area contributed by atoms with Crippen molar-refractivity contribution in [1.82, 2.24) is 0 Å². The molecule has 0 radical (unpaired) electrons. The Balaban J connectivity index is 2.16. The molecule has 2 nitrogen and oxygen atoms in total. The Hall–Kier alpha value is -1.31. The molecule has 1 aliphatic carbocycles. The molecule has 14 heavy (non-hydrogen) atoms. The zero-order valence-electron chi connectivity index (χ0n) is 8.16. The third kappa shape index (κ3) is 1.95. The third-order valence-corrected chi connectivity index (χ3v) is 2.73. The van der Waals surface area contributed by atoms with Crippen molar-refractivity contribution >= 4 is 6.47 Å². The van der Waals surface area contributed by atoms with E-state index in [4.69, 9.17) is 4.74 Å². The zero-order valence-corrected chi connectivity index (χ0v) is 8.16. The molecule has 2 heteroatoms.